The van der Waals surface area contributed by atoms with Crippen LogP contribution in [0, 0.1) is 0 Å². The molecule has 1 unspecified atom stereocenters. The Morgan fingerprint density at radius 3 is 2.86 bits per heavy atom. The number of aromatic nitrogens is 1. The van der Waals surface area contributed by atoms with Gasteiger partial charge in [-0.3, -0.25) is 0 Å². The zero-order valence-electron chi connectivity index (χ0n) is 13.3. The van der Waals surface area contributed by atoms with E-state index in [0.717, 1.165) is 18.8 Å². The van der Waals surface area contributed by atoms with Crippen LogP contribution in [0.25, 0.3) is 0 Å². The third-order valence-electron chi connectivity index (χ3n) is 3.98. The standard InChI is InChI=1S/C15H25N3O3S/c1-3-11-22(20,21)17(2)12-15(19)8-6-10-18(13-15)14-7-4-5-9-16-14/h4-5,7,9,19H,3,6,8,10-13H2,1-2H3. The first-order chi connectivity index (χ1) is 10.4. The molecule has 22 heavy (non-hydrogen) atoms. The normalized spacial score (nSPS) is 23.0. The van der Waals surface area contributed by atoms with Crippen molar-refractivity contribution in [2.24, 2.45) is 0 Å². The van der Waals surface area contributed by atoms with Gasteiger partial charge in [0.15, 0.2) is 0 Å². The van der Waals surface area contributed by atoms with Crippen molar-refractivity contribution in [2.75, 3.05) is 37.3 Å². The van der Waals surface area contributed by atoms with E-state index >= 15 is 0 Å². The summed E-state index contributed by atoms with van der Waals surface area (Å²) in [4.78, 5) is 6.33. The van der Waals surface area contributed by atoms with Crippen molar-refractivity contribution in [1.82, 2.24) is 9.29 Å². The first-order valence-electron chi connectivity index (χ1n) is 7.69. The molecule has 1 aromatic heterocycles. The van der Waals surface area contributed by atoms with Gasteiger partial charge in [0.25, 0.3) is 0 Å². The molecule has 0 saturated carbocycles. The summed E-state index contributed by atoms with van der Waals surface area (Å²) < 4.78 is 25.5. The van der Waals surface area contributed by atoms with E-state index in [4.69, 9.17) is 0 Å². The van der Waals surface area contributed by atoms with Gasteiger partial charge in [0, 0.05) is 32.9 Å². The summed E-state index contributed by atoms with van der Waals surface area (Å²) in [7, 11) is -1.75. The van der Waals surface area contributed by atoms with Crippen molar-refractivity contribution in [2.45, 2.75) is 31.8 Å². The fourth-order valence-electron chi connectivity index (χ4n) is 2.90. The van der Waals surface area contributed by atoms with Gasteiger partial charge in [0.2, 0.25) is 10.0 Å². The summed E-state index contributed by atoms with van der Waals surface area (Å²) in [6.45, 7) is 3.18. The Labute approximate surface area is 132 Å². The van der Waals surface area contributed by atoms with Crippen LogP contribution in [-0.4, -0.2) is 60.8 Å². The Bertz CT molecular complexity index is 579. The molecular weight excluding hydrogens is 302 g/mol. The van der Waals surface area contributed by atoms with Gasteiger partial charge in [-0.2, -0.15) is 0 Å². The van der Waals surface area contributed by atoms with Crippen molar-refractivity contribution in [3.8, 4) is 0 Å². The summed E-state index contributed by atoms with van der Waals surface area (Å²) >= 11 is 0. The van der Waals surface area contributed by atoms with Gasteiger partial charge in [-0.25, -0.2) is 17.7 Å². The number of nitrogens with zero attached hydrogens (tertiary/aromatic N) is 3. The molecule has 1 aliphatic heterocycles. The average Bonchev–Trinajstić information content (AvgIpc) is 2.47. The Morgan fingerprint density at radius 2 is 2.23 bits per heavy atom. The molecule has 1 fully saturated rings. The first-order valence-corrected chi connectivity index (χ1v) is 9.30. The van der Waals surface area contributed by atoms with Crippen molar-refractivity contribution in [1.29, 1.82) is 0 Å². The summed E-state index contributed by atoms with van der Waals surface area (Å²) in [6.07, 6.45) is 3.71. The molecule has 1 N–H and O–H groups in total. The van der Waals surface area contributed by atoms with Gasteiger partial charge in [-0.15, -0.1) is 0 Å². The molecule has 2 heterocycles. The molecule has 0 bridgehead atoms. The van der Waals surface area contributed by atoms with Crippen molar-refractivity contribution in [3.05, 3.63) is 24.4 Å². The maximum atomic E-state index is 12.1. The van der Waals surface area contributed by atoms with Crippen LogP contribution in [0.15, 0.2) is 24.4 Å². The van der Waals surface area contributed by atoms with E-state index in [2.05, 4.69) is 4.98 Å². The van der Waals surface area contributed by atoms with E-state index in [1.807, 2.05) is 30.0 Å². The highest BCUT2D eigenvalue weighted by Crippen LogP contribution is 2.26. The van der Waals surface area contributed by atoms with Gasteiger partial charge in [0.05, 0.1) is 11.4 Å². The Morgan fingerprint density at radius 1 is 1.45 bits per heavy atom. The second kappa shape index (κ2) is 6.93. The second-order valence-corrected chi connectivity index (χ2v) is 8.20. The zero-order chi connectivity index (χ0) is 16.2. The van der Waals surface area contributed by atoms with Crippen LogP contribution in [-0.2, 0) is 10.0 Å². The number of hydrogen-bond acceptors (Lipinski definition) is 5. The zero-order valence-corrected chi connectivity index (χ0v) is 14.1. The van der Waals surface area contributed by atoms with Crippen LogP contribution < -0.4 is 4.90 Å². The van der Waals surface area contributed by atoms with Crippen molar-refractivity contribution >= 4 is 15.8 Å². The van der Waals surface area contributed by atoms with Crippen LogP contribution in [0.1, 0.15) is 26.2 Å². The monoisotopic (exact) mass is 327 g/mol. The lowest BCUT2D eigenvalue weighted by atomic mass is 9.93. The molecular formula is C15H25N3O3S. The Balaban J connectivity index is 2.07. The molecule has 0 radical (unpaired) electrons. The van der Waals surface area contributed by atoms with Crippen LogP contribution >= 0.6 is 0 Å². The van der Waals surface area contributed by atoms with E-state index < -0.39 is 15.6 Å². The minimum absolute atomic E-state index is 0.115. The predicted octanol–water partition coefficient (Wildman–Crippen LogP) is 1.08. The van der Waals surface area contributed by atoms with Crippen molar-refractivity contribution < 1.29 is 13.5 Å². The smallest absolute Gasteiger partial charge is 0.213 e. The van der Waals surface area contributed by atoms with E-state index in [-0.39, 0.29) is 12.3 Å². The van der Waals surface area contributed by atoms with Crippen LogP contribution in [0.2, 0.25) is 0 Å². The molecule has 1 aromatic rings. The lowest BCUT2D eigenvalue weighted by Gasteiger charge is -2.41. The summed E-state index contributed by atoms with van der Waals surface area (Å²) in [5.41, 5.74) is -1.04. The average molecular weight is 327 g/mol. The molecule has 6 nitrogen and oxygen atoms in total. The maximum absolute atomic E-state index is 12.1. The number of aliphatic hydroxyl groups is 1. The molecule has 1 saturated heterocycles. The van der Waals surface area contributed by atoms with Gasteiger partial charge in [-0.05, 0) is 31.4 Å². The molecule has 2 rings (SSSR count). The van der Waals surface area contributed by atoms with Gasteiger partial charge in [0.1, 0.15) is 5.82 Å². The quantitative estimate of drug-likeness (QED) is 0.846. The van der Waals surface area contributed by atoms with Gasteiger partial charge >= 0.3 is 0 Å². The number of anilines is 1. The molecule has 0 aliphatic carbocycles. The highest BCUT2D eigenvalue weighted by Gasteiger charge is 2.37. The van der Waals surface area contributed by atoms with E-state index in [1.165, 1.54) is 4.31 Å². The van der Waals surface area contributed by atoms with Crippen molar-refractivity contribution in [3.63, 3.8) is 0 Å². The molecule has 1 atom stereocenters. The van der Waals surface area contributed by atoms with Gasteiger partial charge < -0.3 is 10.0 Å². The third kappa shape index (κ3) is 4.18. The van der Waals surface area contributed by atoms with Gasteiger partial charge in [-0.1, -0.05) is 13.0 Å². The highest BCUT2D eigenvalue weighted by molar-refractivity contribution is 7.89. The summed E-state index contributed by atoms with van der Waals surface area (Å²) in [5, 5.41) is 10.8. The number of β-amino-alcohol motifs (C(OH)–C–C–N with tert-alkyl or cyclic N) is 1. The lowest BCUT2D eigenvalue weighted by molar-refractivity contribution is 0.0131. The minimum Gasteiger partial charge on any atom is -0.387 e. The lowest BCUT2D eigenvalue weighted by Crippen LogP contribution is -2.55. The molecule has 0 aromatic carbocycles. The van der Waals surface area contributed by atoms with Crippen LogP contribution in [0.3, 0.4) is 0 Å². The topological polar surface area (TPSA) is 73.7 Å². The van der Waals surface area contributed by atoms with Crippen LogP contribution in [0.4, 0.5) is 5.82 Å². The SMILES string of the molecule is CCCS(=O)(=O)N(C)CC1(O)CCCN(c2ccccn2)C1. The summed E-state index contributed by atoms with van der Waals surface area (Å²) in [6, 6.07) is 5.67. The van der Waals surface area contributed by atoms with E-state index in [1.54, 1.807) is 13.2 Å². The predicted molar refractivity (Wildman–Crippen MR) is 87.3 cm³/mol. The number of rotatable bonds is 6. The number of hydrogen-bond donors (Lipinski definition) is 1. The molecule has 0 spiro atoms. The third-order valence-corrected chi connectivity index (χ3v) is 5.99. The second-order valence-electron chi connectivity index (χ2n) is 6.01. The molecule has 124 valence electrons. The number of piperidine rings is 1. The Kier molecular flexibility index (Phi) is 5.41. The first kappa shape index (κ1) is 17.2. The minimum atomic E-state index is -3.29. The molecule has 1 aliphatic rings. The fraction of sp³-hybridized carbons (Fsp3) is 0.667. The van der Waals surface area contributed by atoms with E-state index in [9.17, 15) is 13.5 Å². The number of pyridine rings is 1. The Hall–Kier alpha value is -1.18. The number of likely N-dealkylation sites (N-methyl/N-ethyl adjacent to an activating group) is 1. The number of sulfonamides is 1. The fourth-order valence-corrected chi connectivity index (χ4v) is 4.17. The maximum Gasteiger partial charge on any atom is 0.213 e. The summed E-state index contributed by atoms with van der Waals surface area (Å²) in [5.74, 6) is 0.934. The molecule has 0 amide bonds. The highest BCUT2D eigenvalue weighted by atomic mass is 32.2. The largest absolute Gasteiger partial charge is 0.387 e. The molecule has 7 heteroatoms. The van der Waals surface area contributed by atoms with Crippen LogP contribution in [0.5, 0.6) is 0 Å². The van der Waals surface area contributed by atoms with E-state index in [0.29, 0.717) is 19.4 Å².